The minimum atomic E-state index is -0.595. The molecule has 19 heavy (non-hydrogen) atoms. The highest BCUT2D eigenvalue weighted by atomic mass is 16.3. The van der Waals surface area contributed by atoms with Gasteiger partial charge in [-0.3, -0.25) is 4.79 Å². The van der Waals surface area contributed by atoms with Crippen molar-refractivity contribution in [2.45, 2.75) is 25.5 Å². The molecule has 1 fully saturated rings. The molecule has 0 aromatic heterocycles. The summed E-state index contributed by atoms with van der Waals surface area (Å²) in [4.78, 5) is 13.2. The number of nitrogens with zero attached hydrogens (tertiary/aromatic N) is 1. The summed E-state index contributed by atoms with van der Waals surface area (Å²) >= 11 is 0. The van der Waals surface area contributed by atoms with E-state index in [4.69, 9.17) is 0 Å². The van der Waals surface area contributed by atoms with E-state index in [1.165, 1.54) is 16.3 Å². The zero-order valence-electron chi connectivity index (χ0n) is 10.7. The van der Waals surface area contributed by atoms with E-state index in [9.17, 15) is 9.90 Å². The second-order valence-electron chi connectivity index (χ2n) is 4.99. The van der Waals surface area contributed by atoms with Gasteiger partial charge in [0.25, 0.3) is 0 Å². The van der Waals surface area contributed by atoms with Crippen LogP contribution in [0.2, 0.25) is 0 Å². The molecule has 1 amide bonds. The van der Waals surface area contributed by atoms with E-state index in [0.29, 0.717) is 19.4 Å². The van der Waals surface area contributed by atoms with Crippen LogP contribution in [0.25, 0.3) is 10.8 Å². The lowest BCUT2D eigenvalue weighted by Gasteiger charge is -2.20. The van der Waals surface area contributed by atoms with Crippen LogP contribution in [0.4, 0.5) is 0 Å². The van der Waals surface area contributed by atoms with E-state index in [1.807, 2.05) is 18.2 Å². The first kappa shape index (κ1) is 12.2. The van der Waals surface area contributed by atoms with Gasteiger partial charge in [0, 0.05) is 19.4 Å². The summed E-state index contributed by atoms with van der Waals surface area (Å²) < 4.78 is 0. The number of amides is 1. The first-order valence-corrected chi connectivity index (χ1v) is 6.70. The van der Waals surface area contributed by atoms with Gasteiger partial charge in [0.05, 0.1) is 0 Å². The van der Waals surface area contributed by atoms with Crippen molar-refractivity contribution in [3.63, 3.8) is 0 Å². The lowest BCUT2D eigenvalue weighted by atomic mass is 10.0. The van der Waals surface area contributed by atoms with Gasteiger partial charge in [-0.05, 0) is 22.8 Å². The topological polar surface area (TPSA) is 40.5 Å². The normalized spacial score (nSPS) is 19.3. The zero-order valence-corrected chi connectivity index (χ0v) is 10.7. The number of likely N-dealkylation sites (tertiary alicyclic amines) is 1. The standard InChI is InChI=1S/C16H17NO2/c18-15-8-9-16(19)17(15)11-10-13-6-3-5-12-4-1-2-7-14(12)13/h1-7,15,18H,8-11H2/t15-/m1/s1. The third kappa shape index (κ3) is 2.34. The van der Waals surface area contributed by atoms with Crippen molar-refractivity contribution in [2.24, 2.45) is 0 Å². The average Bonchev–Trinajstić information content (AvgIpc) is 2.76. The van der Waals surface area contributed by atoms with Crippen LogP contribution in [0.1, 0.15) is 18.4 Å². The summed E-state index contributed by atoms with van der Waals surface area (Å²) in [6.07, 6.45) is 1.22. The molecular weight excluding hydrogens is 238 g/mol. The van der Waals surface area contributed by atoms with Crippen LogP contribution in [-0.4, -0.2) is 28.7 Å². The van der Waals surface area contributed by atoms with Crippen LogP contribution >= 0.6 is 0 Å². The molecule has 0 unspecified atom stereocenters. The number of rotatable bonds is 3. The fourth-order valence-electron chi connectivity index (χ4n) is 2.74. The maximum atomic E-state index is 11.6. The van der Waals surface area contributed by atoms with Crippen molar-refractivity contribution in [3.05, 3.63) is 48.0 Å². The maximum Gasteiger partial charge on any atom is 0.224 e. The summed E-state index contributed by atoms with van der Waals surface area (Å²) in [5.74, 6) is 0.0627. The largest absolute Gasteiger partial charge is 0.374 e. The van der Waals surface area contributed by atoms with Crippen LogP contribution < -0.4 is 0 Å². The van der Waals surface area contributed by atoms with Gasteiger partial charge < -0.3 is 10.0 Å². The Kier molecular flexibility index (Phi) is 3.22. The predicted octanol–water partition coefficient (Wildman–Crippen LogP) is 2.32. The fraction of sp³-hybridized carbons (Fsp3) is 0.312. The smallest absolute Gasteiger partial charge is 0.224 e. The van der Waals surface area contributed by atoms with Crippen LogP contribution in [0.5, 0.6) is 0 Å². The van der Waals surface area contributed by atoms with Gasteiger partial charge in [-0.15, -0.1) is 0 Å². The highest BCUT2D eigenvalue weighted by molar-refractivity contribution is 5.85. The summed E-state index contributed by atoms with van der Waals surface area (Å²) in [6, 6.07) is 14.5. The minimum absolute atomic E-state index is 0.0627. The Morgan fingerprint density at radius 1 is 1.16 bits per heavy atom. The van der Waals surface area contributed by atoms with Crippen LogP contribution in [0.15, 0.2) is 42.5 Å². The van der Waals surface area contributed by atoms with E-state index in [0.717, 1.165) is 6.42 Å². The van der Waals surface area contributed by atoms with E-state index in [1.54, 1.807) is 4.90 Å². The molecule has 1 N–H and O–H groups in total. The summed E-state index contributed by atoms with van der Waals surface area (Å²) in [6.45, 7) is 0.591. The van der Waals surface area contributed by atoms with Gasteiger partial charge in [-0.1, -0.05) is 42.5 Å². The number of hydrogen-bond acceptors (Lipinski definition) is 2. The number of aliphatic hydroxyl groups is 1. The number of hydrogen-bond donors (Lipinski definition) is 1. The molecule has 0 aliphatic carbocycles. The minimum Gasteiger partial charge on any atom is -0.374 e. The first-order valence-electron chi connectivity index (χ1n) is 6.70. The Balaban J connectivity index is 1.80. The van der Waals surface area contributed by atoms with Gasteiger partial charge in [0.2, 0.25) is 5.91 Å². The second kappa shape index (κ2) is 5.02. The van der Waals surface area contributed by atoms with Crippen molar-refractivity contribution >= 4 is 16.7 Å². The number of carbonyl (C=O) groups excluding carboxylic acids is 1. The van der Waals surface area contributed by atoms with Crippen molar-refractivity contribution in [2.75, 3.05) is 6.54 Å². The van der Waals surface area contributed by atoms with Crippen molar-refractivity contribution in [1.29, 1.82) is 0 Å². The number of carbonyl (C=O) groups is 1. The van der Waals surface area contributed by atoms with E-state index >= 15 is 0 Å². The molecule has 1 aliphatic rings. The fourth-order valence-corrected chi connectivity index (χ4v) is 2.74. The molecule has 1 heterocycles. The molecular formula is C16H17NO2. The number of aliphatic hydroxyl groups excluding tert-OH is 1. The predicted molar refractivity (Wildman–Crippen MR) is 74.6 cm³/mol. The molecule has 3 rings (SSSR count). The van der Waals surface area contributed by atoms with Gasteiger partial charge in [-0.2, -0.15) is 0 Å². The molecule has 1 saturated heterocycles. The molecule has 1 atom stereocenters. The Bertz CT molecular complexity index is 603. The van der Waals surface area contributed by atoms with Crippen molar-refractivity contribution < 1.29 is 9.90 Å². The van der Waals surface area contributed by atoms with Crippen molar-refractivity contribution in [3.8, 4) is 0 Å². The van der Waals surface area contributed by atoms with Crippen molar-refractivity contribution in [1.82, 2.24) is 4.90 Å². The zero-order chi connectivity index (χ0) is 13.2. The average molecular weight is 255 g/mol. The Hall–Kier alpha value is -1.87. The Labute approximate surface area is 112 Å². The lowest BCUT2D eigenvalue weighted by molar-refractivity contribution is -0.133. The summed E-state index contributed by atoms with van der Waals surface area (Å²) in [5, 5.41) is 12.2. The molecule has 2 aromatic carbocycles. The number of fused-ring (bicyclic) bond motifs is 1. The van der Waals surface area contributed by atoms with Crippen LogP contribution in [0, 0.1) is 0 Å². The summed E-state index contributed by atoms with van der Waals surface area (Å²) in [7, 11) is 0. The highest BCUT2D eigenvalue weighted by Crippen LogP contribution is 2.21. The molecule has 3 heteroatoms. The SMILES string of the molecule is O=C1CC[C@@H](O)N1CCc1cccc2ccccc12. The van der Waals surface area contributed by atoms with Gasteiger partial charge in [-0.25, -0.2) is 0 Å². The monoisotopic (exact) mass is 255 g/mol. The molecule has 3 nitrogen and oxygen atoms in total. The lowest BCUT2D eigenvalue weighted by Crippen LogP contribution is -2.34. The quantitative estimate of drug-likeness (QED) is 0.914. The van der Waals surface area contributed by atoms with Crippen LogP contribution in [0.3, 0.4) is 0 Å². The van der Waals surface area contributed by atoms with Crippen LogP contribution in [-0.2, 0) is 11.2 Å². The van der Waals surface area contributed by atoms with Gasteiger partial charge in [0.1, 0.15) is 6.23 Å². The Morgan fingerprint density at radius 2 is 1.95 bits per heavy atom. The summed E-state index contributed by atoms with van der Waals surface area (Å²) in [5.41, 5.74) is 1.23. The number of benzene rings is 2. The molecule has 0 spiro atoms. The highest BCUT2D eigenvalue weighted by Gasteiger charge is 2.28. The first-order chi connectivity index (χ1) is 9.25. The third-order valence-electron chi connectivity index (χ3n) is 3.80. The Morgan fingerprint density at radius 3 is 2.74 bits per heavy atom. The van der Waals surface area contributed by atoms with Gasteiger partial charge in [0.15, 0.2) is 0 Å². The molecule has 0 bridgehead atoms. The molecule has 0 saturated carbocycles. The van der Waals surface area contributed by atoms with E-state index in [-0.39, 0.29) is 5.91 Å². The van der Waals surface area contributed by atoms with Gasteiger partial charge >= 0.3 is 0 Å². The molecule has 2 aromatic rings. The molecule has 0 radical (unpaired) electrons. The third-order valence-corrected chi connectivity index (χ3v) is 3.80. The second-order valence-corrected chi connectivity index (χ2v) is 4.99. The molecule has 98 valence electrons. The van der Waals surface area contributed by atoms with E-state index < -0.39 is 6.23 Å². The molecule has 1 aliphatic heterocycles. The van der Waals surface area contributed by atoms with E-state index in [2.05, 4.69) is 24.3 Å². The maximum absolute atomic E-state index is 11.6.